The third kappa shape index (κ3) is 3.83. The number of allylic oxidation sites excluding steroid dienone is 4. The molecule has 0 aromatic heterocycles. The lowest BCUT2D eigenvalue weighted by Crippen LogP contribution is -2.49. The smallest absolute Gasteiger partial charge is 0.237 e. The summed E-state index contributed by atoms with van der Waals surface area (Å²) in [6.07, 6.45) is 12.2. The Morgan fingerprint density at radius 3 is 2.85 bits per heavy atom. The first-order valence-electron chi connectivity index (χ1n) is 7.61. The maximum atomic E-state index is 12.3. The third-order valence-electron chi connectivity index (χ3n) is 4.29. The maximum Gasteiger partial charge on any atom is 0.237 e. The van der Waals surface area contributed by atoms with Gasteiger partial charge in [-0.1, -0.05) is 36.5 Å². The summed E-state index contributed by atoms with van der Waals surface area (Å²) in [7, 11) is 0. The van der Waals surface area contributed by atoms with E-state index in [0.717, 1.165) is 6.42 Å². The average molecular weight is 274 g/mol. The van der Waals surface area contributed by atoms with Crippen LogP contribution in [0.2, 0.25) is 0 Å². The van der Waals surface area contributed by atoms with Crippen LogP contribution < -0.4 is 10.6 Å². The van der Waals surface area contributed by atoms with E-state index in [1.54, 1.807) is 6.08 Å². The quantitative estimate of drug-likeness (QED) is 0.731. The highest BCUT2D eigenvalue weighted by Gasteiger charge is 2.42. The molecule has 2 fully saturated rings. The van der Waals surface area contributed by atoms with Crippen molar-refractivity contribution in [2.24, 2.45) is 5.92 Å². The van der Waals surface area contributed by atoms with Gasteiger partial charge in [-0.05, 0) is 45.4 Å². The first kappa shape index (κ1) is 15.0. The molecule has 1 heterocycles. The van der Waals surface area contributed by atoms with Gasteiger partial charge in [0, 0.05) is 12.1 Å². The van der Waals surface area contributed by atoms with E-state index in [2.05, 4.69) is 37.1 Å². The van der Waals surface area contributed by atoms with E-state index < -0.39 is 0 Å². The number of amides is 1. The predicted molar refractivity (Wildman–Crippen MR) is 83.4 cm³/mol. The minimum atomic E-state index is 0.0427. The minimum absolute atomic E-state index is 0.0427. The molecule has 1 amide bonds. The molecule has 0 aromatic rings. The highest BCUT2D eigenvalue weighted by molar-refractivity contribution is 5.83. The normalized spacial score (nSPS) is 30.7. The number of rotatable bonds is 6. The second-order valence-corrected chi connectivity index (χ2v) is 6.16. The van der Waals surface area contributed by atoms with Crippen LogP contribution in [0.4, 0.5) is 0 Å². The van der Waals surface area contributed by atoms with Gasteiger partial charge >= 0.3 is 0 Å². The van der Waals surface area contributed by atoms with Gasteiger partial charge in [0.05, 0.1) is 6.04 Å². The van der Waals surface area contributed by atoms with Crippen molar-refractivity contribution in [3.8, 4) is 0 Å². The molecule has 2 aliphatic rings. The Labute approximate surface area is 122 Å². The Bertz CT molecular complexity index is 425. The van der Waals surface area contributed by atoms with Gasteiger partial charge in [-0.2, -0.15) is 0 Å². The van der Waals surface area contributed by atoms with Crippen LogP contribution >= 0.6 is 0 Å². The Hall–Kier alpha value is -1.35. The van der Waals surface area contributed by atoms with Crippen molar-refractivity contribution in [2.45, 2.75) is 57.7 Å². The van der Waals surface area contributed by atoms with Gasteiger partial charge in [-0.3, -0.25) is 4.79 Å². The summed E-state index contributed by atoms with van der Waals surface area (Å²) >= 11 is 0. The first-order chi connectivity index (χ1) is 9.60. The number of carbonyl (C=O) groups excluding carboxylic acids is 1. The summed E-state index contributed by atoms with van der Waals surface area (Å²) in [6.45, 7) is 7.80. The van der Waals surface area contributed by atoms with Crippen molar-refractivity contribution in [1.29, 1.82) is 0 Å². The molecule has 20 heavy (non-hydrogen) atoms. The summed E-state index contributed by atoms with van der Waals surface area (Å²) in [5, 5.41) is 6.58. The molecule has 1 aliphatic carbocycles. The van der Waals surface area contributed by atoms with Gasteiger partial charge in [-0.15, -0.1) is 0 Å². The van der Waals surface area contributed by atoms with Crippen LogP contribution in [0.1, 0.15) is 39.5 Å². The molecule has 2 N–H and O–H groups in total. The topological polar surface area (TPSA) is 41.1 Å². The summed E-state index contributed by atoms with van der Waals surface area (Å²) in [4.78, 5) is 12.3. The number of hydrogen-bond acceptors (Lipinski definition) is 2. The Morgan fingerprint density at radius 1 is 1.45 bits per heavy atom. The van der Waals surface area contributed by atoms with Crippen LogP contribution in [0.15, 0.2) is 36.5 Å². The summed E-state index contributed by atoms with van der Waals surface area (Å²) < 4.78 is 0. The highest BCUT2D eigenvalue weighted by Crippen LogP contribution is 2.35. The fourth-order valence-electron chi connectivity index (χ4n) is 3.38. The van der Waals surface area contributed by atoms with E-state index in [-0.39, 0.29) is 18.0 Å². The lowest BCUT2D eigenvalue weighted by molar-refractivity contribution is -0.124. The third-order valence-corrected chi connectivity index (χ3v) is 4.29. The molecule has 110 valence electrons. The van der Waals surface area contributed by atoms with Crippen LogP contribution in [0.5, 0.6) is 0 Å². The predicted octanol–water partition coefficient (Wildman–Crippen LogP) is 2.71. The van der Waals surface area contributed by atoms with Crippen molar-refractivity contribution in [1.82, 2.24) is 10.6 Å². The number of piperidine rings is 1. The van der Waals surface area contributed by atoms with E-state index in [1.165, 1.54) is 24.8 Å². The van der Waals surface area contributed by atoms with Gasteiger partial charge in [0.2, 0.25) is 5.91 Å². The molecule has 1 saturated carbocycles. The molecule has 0 spiro atoms. The van der Waals surface area contributed by atoms with E-state index in [9.17, 15) is 4.79 Å². The number of fused-ring (bicyclic) bond motifs is 2. The molecule has 4 atom stereocenters. The molecule has 0 radical (unpaired) electrons. The van der Waals surface area contributed by atoms with Gasteiger partial charge in [-0.25, -0.2) is 0 Å². The molecule has 1 saturated heterocycles. The van der Waals surface area contributed by atoms with Gasteiger partial charge in [0.1, 0.15) is 0 Å². The summed E-state index contributed by atoms with van der Waals surface area (Å²) in [5.74, 6) is 0.735. The molecule has 3 heteroatoms. The first-order valence-corrected chi connectivity index (χ1v) is 7.61. The van der Waals surface area contributed by atoms with E-state index in [0.29, 0.717) is 12.0 Å². The van der Waals surface area contributed by atoms with Crippen molar-refractivity contribution < 1.29 is 4.79 Å². The number of carbonyl (C=O) groups is 1. The zero-order valence-corrected chi connectivity index (χ0v) is 12.6. The van der Waals surface area contributed by atoms with Crippen LogP contribution in [0, 0.1) is 5.92 Å². The number of hydrogen-bond donors (Lipinski definition) is 2. The molecule has 3 nitrogen and oxygen atoms in total. The lowest BCUT2D eigenvalue weighted by Gasteiger charge is -2.24. The van der Waals surface area contributed by atoms with E-state index in [1.807, 2.05) is 12.2 Å². The fourth-order valence-corrected chi connectivity index (χ4v) is 3.38. The van der Waals surface area contributed by atoms with Crippen LogP contribution in [0.25, 0.3) is 0 Å². The Kier molecular flexibility index (Phi) is 5.18. The van der Waals surface area contributed by atoms with E-state index >= 15 is 0 Å². The van der Waals surface area contributed by atoms with Gasteiger partial charge < -0.3 is 10.6 Å². The van der Waals surface area contributed by atoms with Crippen LogP contribution in [0.3, 0.4) is 0 Å². The fraction of sp³-hybridized carbons (Fsp3) is 0.588. The molecule has 0 aromatic carbocycles. The zero-order chi connectivity index (χ0) is 14.5. The van der Waals surface area contributed by atoms with Crippen LogP contribution in [-0.2, 0) is 4.79 Å². The zero-order valence-electron chi connectivity index (χ0n) is 12.6. The van der Waals surface area contributed by atoms with Gasteiger partial charge in [0.15, 0.2) is 0 Å². The largest absolute Gasteiger partial charge is 0.352 e. The molecule has 1 aliphatic heterocycles. The highest BCUT2D eigenvalue weighted by atomic mass is 16.2. The lowest BCUT2D eigenvalue weighted by atomic mass is 9.98. The number of nitrogens with one attached hydrogen (secondary N) is 2. The van der Waals surface area contributed by atoms with Crippen molar-refractivity contribution in [3.63, 3.8) is 0 Å². The molecule has 0 unspecified atom stereocenters. The van der Waals surface area contributed by atoms with Crippen LogP contribution in [-0.4, -0.2) is 24.0 Å². The molecule has 2 bridgehead atoms. The molecular weight excluding hydrogens is 248 g/mol. The van der Waals surface area contributed by atoms with Crippen molar-refractivity contribution in [2.75, 3.05) is 0 Å². The monoisotopic (exact) mass is 274 g/mol. The second kappa shape index (κ2) is 6.89. The van der Waals surface area contributed by atoms with E-state index in [4.69, 9.17) is 0 Å². The summed E-state index contributed by atoms with van der Waals surface area (Å²) in [6, 6.07) is 0.801. The average Bonchev–Trinajstić information content (AvgIpc) is 3.00. The molecule has 2 rings (SSSR count). The maximum absolute atomic E-state index is 12.3. The molecular formula is C17H26N2O. The summed E-state index contributed by atoms with van der Waals surface area (Å²) in [5.41, 5.74) is 1.26. The standard InChI is InChI=1S/C17H26N2O/c1-4-5-6-7-12(2)10-13(3)18-17(20)16-14-8-9-15(11-14)19-16/h4-7,13-16,19H,1,8-11H2,2-3H3,(H,18,20)/b6-5-,12-7+/t13-,14+,15-,16+/m1/s1. The van der Waals surface area contributed by atoms with Crippen molar-refractivity contribution in [3.05, 3.63) is 36.5 Å². The SMILES string of the molecule is C=C/C=C\C=C(/C)C[C@@H](C)NC(=O)[C@H]1N[C@@H]2CC[C@H]1C2. The van der Waals surface area contributed by atoms with Crippen molar-refractivity contribution >= 4 is 5.91 Å². The minimum Gasteiger partial charge on any atom is -0.352 e. The Morgan fingerprint density at radius 2 is 2.25 bits per heavy atom. The van der Waals surface area contributed by atoms with Gasteiger partial charge in [0.25, 0.3) is 0 Å². The second-order valence-electron chi connectivity index (χ2n) is 6.16. The Balaban J connectivity index is 1.78.